The second-order valence-electron chi connectivity index (χ2n) is 4.51. The van der Waals surface area contributed by atoms with Gasteiger partial charge in [-0.2, -0.15) is 11.8 Å². The van der Waals surface area contributed by atoms with Crippen molar-refractivity contribution in [3.05, 3.63) is 27.9 Å². The summed E-state index contributed by atoms with van der Waals surface area (Å²) in [6, 6.07) is 1.56. The summed E-state index contributed by atoms with van der Waals surface area (Å²) in [5.74, 6) is 1.58. The van der Waals surface area contributed by atoms with E-state index in [9.17, 15) is 10.1 Å². The molecule has 1 atom stereocenters. The molecule has 18 heavy (non-hydrogen) atoms. The molecule has 98 valence electrons. The van der Waals surface area contributed by atoms with Crippen molar-refractivity contribution in [1.29, 1.82) is 0 Å². The van der Waals surface area contributed by atoms with Crippen LogP contribution in [0.15, 0.2) is 12.3 Å². The van der Waals surface area contributed by atoms with Gasteiger partial charge in [-0.05, 0) is 31.1 Å². The van der Waals surface area contributed by atoms with Crippen molar-refractivity contribution in [2.75, 3.05) is 17.6 Å². The molecule has 2 rings (SSSR count). The molecule has 1 aliphatic rings. The molecule has 1 aromatic heterocycles. The molecule has 1 fully saturated rings. The van der Waals surface area contributed by atoms with Crippen LogP contribution in [0, 0.1) is 17.0 Å². The molecule has 0 radical (unpaired) electrons. The zero-order valence-electron chi connectivity index (χ0n) is 10.4. The number of pyridine rings is 1. The van der Waals surface area contributed by atoms with Crippen LogP contribution in [-0.2, 0) is 0 Å². The molecule has 0 spiro atoms. The molecule has 0 aromatic carbocycles. The molecular formula is C12H17N3O2S. The number of nitro groups is 1. The average Bonchev–Trinajstić information content (AvgIpc) is 2.38. The quantitative estimate of drug-likeness (QED) is 0.671. The fourth-order valence-corrected chi connectivity index (χ4v) is 3.25. The molecule has 0 amide bonds. The number of nitrogens with one attached hydrogen (secondary N) is 1. The van der Waals surface area contributed by atoms with Gasteiger partial charge in [0.05, 0.1) is 4.92 Å². The SMILES string of the molecule is Cc1cnc(NCC2CCCCS2)c([N+](=O)[O-])c1. The summed E-state index contributed by atoms with van der Waals surface area (Å²) in [6.07, 6.45) is 5.37. The molecule has 1 unspecified atom stereocenters. The first-order valence-electron chi connectivity index (χ1n) is 6.13. The minimum absolute atomic E-state index is 0.0656. The van der Waals surface area contributed by atoms with Crippen molar-refractivity contribution in [3.63, 3.8) is 0 Å². The third kappa shape index (κ3) is 3.35. The van der Waals surface area contributed by atoms with Crippen LogP contribution < -0.4 is 5.32 Å². The first-order chi connectivity index (χ1) is 8.66. The summed E-state index contributed by atoms with van der Waals surface area (Å²) in [7, 11) is 0. The van der Waals surface area contributed by atoms with Gasteiger partial charge in [0.15, 0.2) is 0 Å². The van der Waals surface area contributed by atoms with Crippen LogP contribution in [0.5, 0.6) is 0 Å². The summed E-state index contributed by atoms with van der Waals surface area (Å²) in [4.78, 5) is 14.7. The highest BCUT2D eigenvalue weighted by Gasteiger charge is 2.18. The van der Waals surface area contributed by atoms with Gasteiger partial charge >= 0.3 is 5.69 Å². The van der Waals surface area contributed by atoms with E-state index < -0.39 is 0 Å². The normalized spacial score (nSPS) is 19.5. The highest BCUT2D eigenvalue weighted by atomic mass is 32.2. The van der Waals surface area contributed by atoms with E-state index in [2.05, 4.69) is 10.3 Å². The van der Waals surface area contributed by atoms with Crippen molar-refractivity contribution < 1.29 is 4.92 Å². The number of aromatic nitrogens is 1. The summed E-state index contributed by atoms with van der Waals surface area (Å²) >= 11 is 1.94. The smallest absolute Gasteiger partial charge is 0.311 e. The van der Waals surface area contributed by atoms with Gasteiger partial charge in [0.2, 0.25) is 5.82 Å². The lowest BCUT2D eigenvalue weighted by Crippen LogP contribution is -2.20. The molecule has 1 N–H and O–H groups in total. The van der Waals surface area contributed by atoms with E-state index in [1.807, 2.05) is 11.8 Å². The predicted molar refractivity (Wildman–Crippen MR) is 74.2 cm³/mol. The molecule has 0 aliphatic carbocycles. The Labute approximate surface area is 111 Å². The zero-order chi connectivity index (χ0) is 13.0. The minimum Gasteiger partial charge on any atom is -0.363 e. The number of thioether (sulfide) groups is 1. The number of hydrogen-bond acceptors (Lipinski definition) is 5. The fraction of sp³-hybridized carbons (Fsp3) is 0.583. The maximum atomic E-state index is 10.9. The van der Waals surface area contributed by atoms with Crippen LogP contribution in [0.3, 0.4) is 0 Å². The van der Waals surface area contributed by atoms with Crippen molar-refractivity contribution in [2.24, 2.45) is 0 Å². The van der Waals surface area contributed by atoms with E-state index in [4.69, 9.17) is 0 Å². The van der Waals surface area contributed by atoms with E-state index in [0.717, 1.165) is 12.1 Å². The molecule has 0 bridgehead atoms. The Balaban J connectivity index is 2.01. The molecule has 2 heterocycles. The number of rotatable bonds is 4. The molecule has 5 nitrogen and oxygen atoms in total. The highest BCUT2D eigenvalue weighted by molar-refractivity contribution is 7.99. The van der Waals surface area contributed by atoms with Gasteiger partial charge in [0.25, 0.3) is 0 Å². The van der Waals surface area contributed by atoms with Gasteiger partial charge < -0.3 is 5.32 Å². The van der Waals surface area contributed by atoms with E-state index >= 15 is 0 Å². The Morgan fingerprint density at radius 2 is 2.44 bits per heavy atom. The van der Waals surface area contributed by atoms with Gasteiger partial charge in [-0.15, -0.1) is 0 Å². The van der Waals surface area contributed by atoms with Crippen LogP contribution in [0.25, 0.3) is 0 Å². The third-order valence-corrected chi connectivity index (χ3v) is 4.37. The third-order valence-electron chi connectivity index (χ3n) is 2.97. The Kier molecular flexibility index (Phi) is 4.41. The Hall–Kier alpha value is -1.30. The lowest BCUT2D eigenvalue weighted by Gasteiger charge is -2.21. The van der Waals surface area contributed by atoms with Crippen LogP contribution in [0.1, 0.15) is 24.8 Å². The highest BCUT2D eigenvalue weighted by Crippen LogP contribution is 2.27. The summed E-state index contributed by atoms with van der Waals surface area (Å²) in [5, 5.41) is 14.6. The van der Waals surface area contributed by atoms with E-state index in [-0.39, 0.29) is 10.6 Å². The van der Waals surface area contributed by atoms with Crippen molar-refractivity contribution in [3.8, 4) is 0 Å². The monoisotopic (exact) mass is 267 g/mol. The second kappa shape index (κ2) is 6.04. The standard InChI is InChI=1S/C12H17N3O2S/c1-9-6-11(15(16)17)12(13-7-9)14-8-10-4-2-3-5-18-10/h6-7,10H,2-5,8H2,1H3,(H,13,14). The van der Waals surface area contributed by atoms with Crippen LogP contribution in [0.4, 0.5) is 11.5 Å². The van der Waals surface area contributed by atoms with Gasteiger partial charge in [0, 0.05) is 24.1 Å². The van der Waals surface area contributed by atoms with E-state index in [1.54, 1.807) is 19.2 Å². The van der Waals surface area contributed by atoms with Crippen molar-refractivity contribution >= 4 is 23.3 Å². The first-order valence-corrected chi connectivity index (χ1v) is 7.18. The second-order valence-corrected chi connectivity index (χ2v) is 5.92. The molecule has 6 heteroatoms. The van der Waals surface area contributed by atoms with Gasteiger partial charge in [-0.1, -0.05) is 6.42 Å². The Bertz CT molecular complexity index is 433. The minimum atomic E-state index is -0.379. The van der Waals surface area contributed by atoms with Crippen LogP contribution in [-0.4, -0.2) is 27.5 Å². The lowest BCUT2D eigenvalue weighted by molar-refractivity contribution is -0.384. The van der Waals surface area contributed by atoms with Gasteiger partial charge in [-0.3, -0.25) is 10.1 Å². The number of hydrogen-bond donors (Lipinski definition) is 1. The predicted octanol–water partition coefficient (Wildman–Crippen LogP) is 3.00. The Morgan fingerprint density at radius 3 is 3.11 bits per heavy atom. The number of nitrogens with zero attached hydrogens (tertiary/aromatic N) is 2. The summed E-state index contributed by atoms with van der Waals surface area (Å²) in [5.41, 5.74) is 0.870. The lowest BCUT2D eigenvalue weighted by atomic mass is 10.2. The maximum absolute atomic E-state index is 10.9. The molecule has 1 aliphatic heterocycles. The maximum Gasteiger partial charge on any atom is 0.311 e. The molecule has 1 saturated heterocycles. The van der Waals surface area contributed by atoms with Crippen LogP contribution in [0.2, 0.25) is 0 Å². The molecule has 1 aromatic rings. The first kappa shape index (κ1) is 13.1. The summed E-state index contributed by atoms with van der Waals surface area (Å²) < 4.78 is 0. The zero-order valence-corrected chi connectivity index (χ0v) is 11.2. The van der Waals surface area contributed by atoms with Crippen LogP contribution >= 0.6 is 11.8 Å². The van der Waals surface area contributed by atoms with Crippen molar-refractivity contribution in [1.82, 2.24) is 4.98 Å². The summed E-state index contributed by atoms with van der Waals surface area (Å²) in [6.45, 7) is 2.56. The van der Waals surface area contributed by atoms with Gasteiger partial charge in [0.1, 0.15) is 0 Å². The average molecular weight is 267 g/mol. The Morgan fingerprint density at radius 1 is 1.61 bits per heavy atom. The number of anilines is 1. The molecular weight excluding hydrogens is 250 g/mol. The number of aryl methyl sites for hydroxylation is 1. The van der Waals surface area contributed by atoms with Crippen molar-refractivity contribution in [2.45, 2.75) is 31.4 Å². The largest absolute Gasteiger partial charge is 0.363 e. The van der Waals surface area contributed by atoms with E-state index in [0.29, 0.717) is 11.1 Å². The fourth-order valence-electron chi connectivity index (χ4n) is 2.01. The molecule has 0 saturated carbocycles. The van der Waals surface area contributed by atoms with Gasteiger partial charge in [-0.25, -0.2) is 4.98 Å². The topological polar surface area (TPSA) is 68.1 Å². The van der Waals surface area contributed by atoms with E-state index in [1.165, 1.54) is 25.0 Å².